The van der Waals surface area contributed by atoms with Crippen LogP contribution in [0.25, 0.3) is 0 Å². The van der Waals surface area contributed by atoms with Gasteiger partial charge in [-0.25, -0.2) is 0 Å². The summed E-state index contributed by atoms with van der Waals surface area (Å²) in [5.74, 6) is 1.11. The molecule has 1 saturated heterocycles. The maximum atomic E-state index is 5.62. The Kier molecular flexibility index (Phi) is 5.93. The highest BCUT2D eigenvalue weighted by molar-refractivity contribution is 5.17. The van der Waals surface area contributed by atoms with Crippen molar-refractivity contribution >= 4 is 0 Å². The van der Waals surface area contributed by atoms with Crippen LogP contribution in [0.3, 0.4) is 0 Å². The van der Waals surface area contributed by atoms with E-state index in [1.165, 1.54) is 50.8 Å². The van der Waals surface area contributed by atoms with Crippen molar-refractivity contribution in [1.82, 2.24) is 10.2 Å². The number of hydrogen-bond donors (Lipinski definition) is 1. The minimum absolute atomic E-state index is 0.500. The molecule has 2 heterocycles. The van der Waals surface area contributed by atoms with Crippen LogP contribution >= 0.6 is 0 Å². The first kappa shape index (κ1) is 14.6. The SMILES string of the molecule is CC(C)NCc1occc1CN1CCCCCCC1. The van der Waals surface area contributed by atoms with Gasteiger partial charge in [-0.2, -0.15) is 0 Å². The largest absolute Gasteiger partial charge is 0.468 e. The van der Waals surface area contributed by atoms with E-state index in [4.69, 9.17) is 4.42 Å². The average Bonchev–Trinajstić information content (AvgIpc) is 2.77. The zero-order valence-electron chi connectivity index (χ0n) is 12.5. The molecule has 1 N–H and O–H groups in total. The molecule has 0 radical (unpaired) electrons. The van der Waals surface area contributed by atoms with Gasteiger partial charge in [0.1, 0.15) is 5.76 Å². The Morgan fingerprint density at radius 3 is 2.53 bits per heavy atom. The van der Waals surface area contributed by atoms with Gasteiger partial charge in [0.2, 0.25) is 0 Å². The number of nitrogens with one attached hydrogen (secondary N) is 1. The molecule has 0 bridgehead atoms. The zero-order chi connectivity index (χ0) is 13.5. The fraction of sp³-hybridized carbons (Fsp3) is 0.750. The number of nitrogens with zero attached hydrogens (tertiary/aromatic N) is 1. The molecule has 0 saturated carbocycles. The van der Waals surface area contributed by atoms with Gasteiger partial charge in [-0.3, -0.25) is 4.90 Å². The van der Waals surface area contributed by atoms with Crippen molar-refractivity contribution in [2.45, 2.75) is 65.1 Å². The van der Waals surface area contributed by atoms with E-state index in [0.717, 1.165) is 18.8 Å². The maximum Gasteiger partial charge on any atom is 0.122 e. The summed E-state index contributed by atoms with van der Waals surface area (Å²) in [4.78, 5) is 2.59. The lowest BCUT2D eigenvalue weighted by Crippen LogP contribution is -2.28. The summed E-state index contributed by atoms with van der Waals surface area (Å²) < 4.78 is 5.62. The van der Waals surface area contributed by atoms with Gasteiger partial charge in [0, 0.05) is 18.2 Å². The van der Waals surface area contributed by atoms with Crippen LogP contribution in [0.2, 0.25) is 0 Å². The quantitative estimate of drug-likeness (QED) is 0.881. The van der Waals surface area contributed by atoms with E-state index in [-0.39, 0.29) is 0 Å². The van der Waals surface area contributed by atoms with Crippen LogP contribution in [0.4, 0.5) is 0 Å². The number of hydrogen-bond acceptors (Lipinski definition) is 3. The van der Waals surface area contributed by atoms with Gasteiger partial charge < -0.3 is 9.73 Å². The molecule has 1 aromatic heterocycles. The van der Waals surface area contributed by atoms with E-state index in [2.05, 4.69) is 30.1 Å². The minimum Gasteiger partial charge on any atom is -0.468 e. The summed E-state index contributed by atoms with van der Waals surface area (Å²) in [6.45, 7) is 8.70. The van der Waals surface area contributed by atoms with Crippen molar-refractivity contribution in [1.29, 1.82) is 0 Å². The molecule has 1 aromatic rings. The summed E-state index contributed by atoms with van der Waals surface area (Å²) in [6.07, 6.45) is 8.72. The lowest BCUT2D eigenvalue weighted by molar-refractivity contribution is 0.238. The Hall–Kier alpha value is -0.800. The Labute approximate surface area is 117 Å². The molecular formula is C16H28N2O. The number of furan rings is 1. The van der Waals surface area contributed by atoms with Crippen molar-refractivity contribution in [2.24, 2.45) is 0 Å². The Bertz CT molecular complexity index is 351. The lowest BCUT2D eigenvalue weighted by atomic mass is 10.1. The molecule has 3 nitrogen and oxygen atoms in total. The van der Waals surface area contributed by atoms with Gasteiger partial charge in [-0.15, -0.1) is 0 Å². The van der Waals surface area contributed by atoms with E-state index in [9.17, 15) is 0 Å². The fourth-order valence-electron chi connectivity index (χ4n) is 2.67. The van der Waals surface area contributed by atoms with E-state index in [0.29, 0.717) is 6.04 Å². The Morgan fingerprint density at radius 2 is 1.84 bits per heavy atom. The maximum absolute atomic E-state index is 5.62. The minimum atomic E-state index is 0.500. The molecule has 108 valence electrons. The van der Waals surface area contributed by atoms with Gasteiger partial charge in [0.25, 0.3) is 0 Å². The highest BCUT2D eigenvalue weighted by Gasteiger charge is 2.13. The summed E-state index contributed by atoms with van der Waals surface area (Å²) in [5, 5.41) is 3.44. The van der Waals surface area contributed by atoms with E-state index >= 15 is 0 Å². The monoisotopic (exact) mass is 264 g/mol. The summed E-state index contributed by atoms with van der Waals surface area (Å²) in [7, 11) is 0. The molecule has 2 rings (SSSR count). The van der Waals surface area contributed by atoms with Crippen molar-refractivity contribution in [3.05, 3.63) is 23.7 Å². The first-order valence-electron chi connectivity index (χ1n) is 7.76. The normalized spacial score (nSPS) is 18.5. The van der Waals surface area contributed by atoms with Crippen LogP contribution in [0, 0.1) is 0 Å². The predicted octanol–water partition coefficient (Wildman–Crippen LogP) is 3.54. The standard InChI is InChI=1S/C16H28N2O/c1-14(2)17-12-16-15(8-11-19-16)13-18-9-6-4-3-5-7-10-18/h8,11,14,17H,3-7,9-10,12-13H2,1-2H3. The van der Waals surface area contributed by atoms with E-state index in [1.807, 2.05) is 6.26 Å². The number of likely N-dealkylation sites (tertiary alicyclic amines) is 1. The topological polar surface area (TPSA) is 28.4 Å². The molecule has 0 aliphatic carbocycles. The van der Waals surface area contributed by atoms with Crippen molar-refractivity contribution in [3.8, 4) is 0 Å². The third-order valence-corrected chi connectivity index (χ3v) is 3.85. The van der Waals surface area contributed by atoms with Gasteiger partial charge in [0.05, 0.1) is 12.8 Å². The third-order valence-electron chi connectivity index (χ3n) is 3.85. The van der Waals surface area contributed by atoms with Gasteiger partial charge in [0.15, 0.2) is 0 Å². The van der Waals surface area contributed by atoms with Crippen LogP contribution in [0.1, 0.15) is 57.3 Å². The third kappa shape index (κ3) is 5.00. The molecule has 0 aromatic carbocycles. The molecule has 0 unspecified atom stereocenters. The van der Waals surface area contributed by atoms with Crippen LogP contribution in [-0.4, -0.2) is 24.0 Å². The Balaban J connectivity index is 1.88. The second kappa shape index (κ2) is 7.71. The predicted molar refractivity (Wildman–Crippen MR) is 79.0 cm³/mol. The number of rotatable bonds is 5. The lowest BCUT2D eigenvalue weighted by Gasteiger charge is -2.24. The fourth-order valence-corrected chi connectivity index (χ4v) is 2.67. The van der Waals surface area contributed by atoms with Crippen LogP contribution < -0.4 is 5.32 Å². The van der Waals surface area contributed by atoms with Crippen LogP contribution in [-0.2, 0) is 13.1 Å². The highest BCUT2D eigenvalue weighted by atomic mass is 16.3. The molecule has 0 amide bonds. The van der Waals surface area contributed by atoms with E-state index < -0.39 is 0 Å². The highest BCUT2D eigenvalue weighted by Crippen LogP contribution is 2.17. The van der Waals surface area contributed by atoms with Crippen molar-refractivity contribution in [2.75, 3.05) is 13.1 Å². The first-order valence-corrected chi connectivity index (χ1v) is 7.76. The first-order chi connectivity index (χ1) is 9.25. The molecule has 19 heavy (non-hydrogen) atoms. The van der Waals surface area contributed by atoms with Crippen LogP contribution in [0.15, 0.2) is 16.7 Å². The second-order valence-electron chi connectivity index (χ2n) is 5.95. The van der Waals surface area contributed by atoms with Crippen molar-refractivity contribution < 1.29 is 4.42 Å². The molecule has 0 spiro atoms. The summed E-state index contributed by atoms with van der Waals surface area (Å²) >= 11 is 0. The molecule has 3 heteroatoms. The van der Waals surface area contributed by atoms with Gasteiger partial charge in [-0.1, -0.05) is 33.1 Å². The van der Waals surface area contributed by atoms with E-state index in [1.54, 1.807) is 0 Å². The molecule has 1 aliphatic rings. The smallest absolute Gasteiger partial charge is 0.122 e. The second-order valence-corrected chi connectivity index (χ2v) is 5.95. The van der Waals surface area contributed by atoms with Gasteiger partial charge in [-0.05, 0) is 32.0 Å². The molecular weight excluding hydrogens is 236 g/mol. The zero-order valence-corrected chi connectivity index (χ0v) is 12.5. The summed E-state index contributed by atoms with van der Waals surface area (Å²) in [5.41, 5.74) is 1.36. The van der Waals surface area contributed by atoms with Crippen molar-refractivity contribution in [3.63, 3.8) is 0 Å². The van der Waals surface area contributed by atoms with Crippen LogP contribution in [0.5, 0.6) is 0 Å². The molecule has 1 fully saturated rings. The molecule has 0 atom stereocenters. The molecule has 1 aliphatic heterocycles. The van der Waals surface area contributed by atoms with Gasteiger partial charge >= 0.3 is 0 Å². The summed E-state index contributed by atoms with van der Waals surface area (Å²) in [6, 6.07) is 2.63. The Morgan fingerprint density at radius 1 is 1.16 bits per heavy atom. The average molecular weight is 264 g/mol.